The van der Waals surface area contributed by atoms with Gasteiger partial charge in [0.1, 0.15) is 11.6 Å². The molecule has 0 unspecified atom stereocenters. The maximum Gasteiger partial charge on any atom is 0.154 e. The molecule has 1 aromatic heterocycles. The molecular weight excluding hydrogens is 250 g/mol. The molecule has 0 amide bonds. The van der Waals surface area contributed by atoms with E-state index in [2.05, 4.69) is 57.2 Å². The van der Waals surface area contributed by atoms with Crippen LogP contribution in [0.25, 0.3) is 0 Å². The minimum absolute atomic E-state index is 0.0697. The van der Waals surface area contributed by atoms with Crippen molar-refractivity contribution in [3.63, 3.8) is 0 Å². The minimum atomic E-state index is -0.143. The van der Waals surface area contributed by atoms with Crippen LogP contribution in [-0.4, -0.2) is 22.3 Å². The topological polar surface area (TPSA) is 54.0 Å². The second kappa shape index (κ2) is 5.81. The van der Waals surface area contributed by atoms with Gasteiger partial charge in [-0.25, -0.2) is 4.98 Å². The Kier molecular flexibility index (Phi) is 4.79. The molecule has 112 valence electrons. The summed E-state index contributed by atoms with van der Waals surface area (Å²) in [5, 5.41) is 6.69. The molecule has 0 spiro atoms. The molecule has 2 N–H and O–H groups in total. The summed E-state index contributed by atoms with van der Waals surface area (Å²) >= 11 is 0. The third-order valence-electron chi connectivity index (χ3n) is 2.64. The van der Waals surface area contributed by atoms with Crippen LogP contribution < -0.4 is 10.6 Å². The quantitative estimate of drug-likeness (QED) is 0.820. The number of pyridine rings is 1. The maximum absolute atomic E-state index is 11.4. The van der Waals surface area contributed by atoms with E-state index >= 15 is 0 Å². The molecule has 0 aliphatic rings. The molecule has 0 radical (unpaired) electrons. The lowest BCUT2D eigenvalue weighted by molar-refractivity contribution is 0.112. The molecule has 0 fully saturated rings. The molecule has 1 rings (SSSR count). The van der Waals surface area contributed by atoms with Crippen molar-refractivity contribution in [2.24, 2.45) is 0 Å². The number of nitrogens with one attached hydrogen (secondary N) is 2. The second-order valence-electron chi connectivity index (χ2n) is 7.15. The first kappa shape index (κ1) is 16.5. The van der Waals surface area contributed by atoms with Crippen molar-refractivity contribution in [2.45, 2.75) is 66.0 Å². The van der Waals surface area contributed by atoms with Crippen LogP contribution in [-0.2, 0) is 6.42 Å². The third kappa shape index (κ3) is 4.83. The minimum Gasteiger partial charge on any atom is -0.365 e. The Morgan fingerprint density at radius 3 is 2.05 bits per heavy atom. The molecule has 0 atom stereocenters. The second-order valence-corrected chi connectivity index (χ2v) is 7.15. The van der Waals surface area contributed by atoms with Crippen LogP contribution >= 0.6 is 0 Å². The van der Waals surface area contributed by atoms with E-state index in [0.717, 1.165) is 24.1 Å². The maximum atomic E-state index is 11.4. The molecule has 0 aliphatic heterocycles. The lowest BCUT2D eigenvalue weighted by atomic mass is 10.0. The average molecular weight is 277 g/mol. The molecule has 0 saturated carbocycles. The van der Waals surface area contributed by atoms with Crippen molar-refractivity contribution >= 4 is 17.9 Å². The van der Waals surface area contributed by atoms with Crippen LogP contribution in [0.15, 0.2) is 6.07 Å². The van der Waals surface area contributed by atoms with Crippen LogP contribution in [0.2, 0.25) is 0 Å². The highest BCUT2D eigenvalue weighted by Crippen LogP contribution is 2.25. The summed E-state index contributed by atoms with van der Waals surface area (Å²) in [6, 6.07) is 1.96. The predicted octanol–water partition coefficient (Wildman–Crippen LogP) is 3.88. The van der Waals surface area contributed by atoms with Gasteiger partial charge in [0.05, 0.1) is 5.56 Å². The van der Waals surface area contributed by atoms with Gasteiger partial charge < -0.3 is 10.6 Å². The SMILES string of the molecule is CCc1cc(NC(C)(C)C)nc(NC(C)(C)C)c1C=O. The summed E-state index contributed by atoms with van der Waals surface area (Å²) in [7, 11) is 0. The average Bonchev–Trinajstić information content (AvgIpc) is 2.23. The molecule has 0 aliphatic carbocycles. The van der Waals surface area contributed by atoms with E-state index < -0.39 is 0 Å². The zero-order valence-electron chi connectivity index (χ0n) is 13.7. The number of aryl methyl sites for hydroxylation is 1. The first-order valence-electron chi connectivity index (χ1n) is 7.11. The Morgan fingerprint density at radius 1 is 1.10 bits per heavy atom. The molecule has 0 aromatic carbocycles. The van der Waals surface area contributed by atoms with Gasteiger partial charge in [0, 0.05) is 11.1 Å². The van der Waals surface area contributed by atoms with Crippen molar-refractivity contribution in [1.82, 2.24) is 4.98 Å². The van der Waals surface area contributed by atoms with Gasteiger partial charge in [-0.3, -0.25) is 4.79 Å². The van der Waals surface area contributed by atoms with Gasteiger partial charge in [0.15, 0.2) is 6.29 Å². The Bertz CT molecular complexity index is 482. The number of carbonyl (C=O) groups is 1. The van der Waals surface area contributed by atoms with Crippen molar-refractivity contribution < 1.29 is 4.79 Å². The molecule has 4 heteroatoms. The number of aromatic nitrogens is 1. The molecule has 4 nitrogen and oxygen atoms in total. The molecule has 20 heavy (non-hydrogen) atoms. The number of rotatable bonds is 4. The standard InChI is InChI=1S/C16H27N3O/c1-8-11-9-13(18-15(2,3)4)17-14(12(11)10-20)19-16(5,6)7/h9-10H,8H2,1-7H3,(H2,17,18,19). The van der Waals surface area contributed by atoms with Crippen molar-refractivity contribution in [3.05, 3.63) is 17.2 Å². The van der Waals surface area contributed by atoms with Gasteiger partial charge in [0.25, 0.3) is 0 Å². The summed E-state index contributed by atoms with van der Waals surface area (Å²) in [5.41, 5.74) is 1.45. The molecule has 0 saturated heterocycles. The summed E-state index contributed by atoms with van der Waals surface area (Å²) in [6.07, 6.45) is 1.69. The number of carbonyl (C=O) groups excluding carboxylic acids is 1. The van der Waals surface area contributed by atoms with Crippen LogP contribution in [0, 0.1) is 0 Å². The Balaban J connectivity index is 3.31. The number of hydrogen-bond acceptors (Lipinski definition) is 4. The van der Waals surface area contributed by atoms with Crippen LogP contribution in [0.4, 0.5) is 11.6 Å². The van der Waals surface area contributed by atoms with Crippen molar-refractivity contribution in [3.8, 4) is 0 Å². The molecule has 1 heterocycles. The fraction of sp³-hybridized carbons (Fsp3) is 0.625. The van der Waals surface area contributed by atoms with Crippen LogP contribution in [0.3, 0.4) is 0 Å². The molecular formula is C16H27N3O. The fourth-order valence-electron chi connectivity index (χ4n) is 1.93. The van der Waals surface area contributed by atoms with Crippen molar-refractivity contribution in [1.29, 1.82) is 0 Å². The first-order chi connectivity index (χ1) is 9.05. The fourth-order valence-corrected chi connectivity index (χ4v) is 1.93. The lowest BCUT2D eigenvalue weighted by Gasteiger charge is -2.26. The highest BCUT2D eigenvalue weighted by Gasteiger charge is 2.18. The van der Waals surface area contributed by atoms with E-state index in [4.69, 9.17) is 0 Å². The summed E-state index contributed by atoms with van der Waals surface area (Å²) < 4.78 is 0. The lowest BCUT2D eigenvalue weighted by Crippen LogP contribution is -2.30. The first-order valence-corrected chi connectivity index (χ1v) is 7.11. The van der Waals surface area contributed by atoms with E-state index in [1.165, 1.54) is 0 Å². The van der Waals surface area contributed by atoms with Gasteiger partial charge in [-0.1, -0.05) is 6.92 Å². The number of aldehydes is 1. The highest BCUT2D eigenvalue weighted by molar-refractivity contribution is 5.86. The largest absolute Gasteiger partial charge is 0.365 e. The summed E-state index contributed by atoms with van der Waals surface area (Å²) in [4.78, 5) is 16.0. The zero-order chi connectivity index (χ0) is 15.6. The van der Waals surface area contributed by atoms with Crippen molar-refractivity contribution in [2.75, 3.05) is 10.6 Å². The van der Waals surface area contributed by atoms with E-state index in [0.29, 0.717) is 11.4 Å². The summed E-state index contributed by atoms with van der Waals surface area (Å²) in [5.74, 6) is 1.45. The van der Waals surface area contributed by atoms with Gasteiger partial charge in [-0.05, 0) is 59.6 Å². The Labute approximate surface area is 122 Å². The molecule has 0 bridgehead atoms. The Morgan fingerprint density at radius 2 is 1.65 bits per heavy atom. The van der Waals surface area contributed by atoms with Crippen LogP contribution in [0.1, 0.15) is 64.4 Å². The van der Waals surface area contributed by atoms with E-state index in [1.807, 2.05) is 13.0 Å². The normalized spacial score (nSPS) is 12.2. The molecule has 1 aromatic rings. The van der Waals surface area contributed by atoms with Gasteiger partial charge in [-0.15, -0.1) is 0 Å². The van der Waals surface area contributed by atoms with E-state index in [1.54, 1.807) is 0 Å². The third-order valence-corrected chi connectivity index (χ3v) is 2.64. The van der Waals surface area contributed by atoms with Crippen LogP contribution in [0.5, 0.6) is 0 Å². The monoisotopic (exact) mass is 277 g/mol. The predicted molar refractivity (Wildman–Crippen MR) is 85.8 cm³/mol. The number of hydrogen-bond donors (Lipinski definition) is 2. The van der Waals surface area contributed by atoms with Gasteiger partial charge in [0.2, 0.25) is 0 Å². The Hall–Kier alpha value is -1.58. The smallest absolute Gasteiger partial charge is 0.154 e. The van der Waals surface area contributed by atoms with E-state index in [-0.39, 0.29) is 11.1 Å². The van der Waals surface area contributed by atoms with Gasteiger partial charge >= 0.3 is 0 Å². The number of nitrogens with zero attached hydrogens (tertiary/aromatic N) is 1. The highest BCUT2D eigenvalue weighted by atomic mass is 16.1. The van der Waals surface area contributed by atoms with Gasteiger partial charge in [-0.2, -0.15) is 0 Å². The number of anilines is 2. The van der Waals surface area contributed by atoms with E-state index in [9.17, 15) is 4.79 Å². The zero-order valence-corrected chi connectivity index (χ0v) is 13.7. The summed E-state index contributed by atoms with van der Waals surface area (Å²) in [6.45, 7) is 14.5.